The smallest absolute Gasteiger partial charge is 0.508 e. The Morgan fingerprint density at radius 2 is 2.04 bits per heavy atom. The highest BCUT2D eigenvalue weighted by molar-refractivity contribution is 5.60. The Morgan fingerprint density at radius 3 is 2.74 bits per heavy atom. The van der Waals surface area contributed by atoms with Gasteiger partial charge in [0.05, 0.1) is 25.9 Å². The van der Waals surface area contributed by atoms with Gasteiger partial charge in [-0.05, 0) is 18.4 Å². The van der Waals surface area contributed by atoms with E-state index in [1.165, 1.54) is 19.3 Å². The van der Waals surface area contributed by atoms with Crippen LogP contribution in [0, 0.1) is 16.5 Å². The molecular formula is C17H22N2O4. The van der Waals surface area contributed by atoms with E-state index in [1.54, 1.807) is 0 Å². The van der Waals surface area contributed by atoms with Gasteiger partial charge in [0.25, 0.3) is 0 Å². The molecule has 1 atom stereocenters. The Labute approximate surface area is 136 Å². The van der Waals surface area contributed by atoms with Crippen molar-refractivity contribution >= 4 is 6.16 Å². The molecule has 0 amide bonds. The molecule has 0 heterocycles. The average Bonchev–Trinajstić information content (AvgIpc) is 2.55. The largest absolute Gasteiger partial charge is 0.628 e. The molecule has 0 fully saturated rings. The molecule has 0 bridgehead atoms. The number of unbranched alkanes of at least 4 members (excludes halogenated alkanes) is 2. The van der Waals surface area contributed by atoms with Crippen LogP contribution in [0.3, 0.4) is 0 Å². The molecule has 23 heavy (non-hydrogen) atoms. The minimum absolute atomic E-state index is 0.0120. The molecule has 1 aromatic rings. The predicted molar refractivity (Wildman–Crippen MR) is 85.6 cm³/mol. The van der Waals surface area contributed by atoms with Crippen molar-refractivity contribution < 1.29 is 18.9 Å². The highest BCUT2D eigenvalue weighted by Gasteiger charge is 2.06. The van der Waals surface area contributed by atoms with Crippen LogP contribution in [0.25, 0.3) is 0 Å². The maximum absolute atomic E-state index is 12.0. The van der Waals surface area contributed by atoms with Gasteiger partial charge >= 0.3 is 6.16 Å². The van der Waals surface area contributed by atoms with Crippen molar-refractivity contribution in [1.29, 1.82) is 5.26 Å². The lowest BCUT2D eigenvalue weighted by molar-refractivity contribution is -0.808. The summed E-state index contributed by atoms with van der Waals surface area (Å²) < 4.78 is 9.24. The van der Waals surface area contributed by atoms with Crippen molar-refractivity contribution in [3.05, 3.63) is 53.4 Å². The van der Waals surface area contributed by atoms with E-state index in [0.717, 1.165) is 5.56 Å². The lowest BCUT2D eigenvalue weighted by atomic mass is 10.2. The number of hydroxylamine groups is 3. The summed E-state index contributed by atoms with van der Waals surface area (Å²) in [5, 5.41) is 20.4. The van der Waals surface area contributed by atoms with Gasteiger partial charge in [-0.25, -0.2) is 4.79 Å². The molecule has 0 radical (unpaired) electrons. The maximum Gasteiger partial charge on any atom is 0.508 e. The molecule has 1 rings (SSSR count). The van der Waals surface area contributed by atoms with Crippen LogP contribution >= 0.6 is 0 Å². The molecule has 1 unspecified atom stereocenters. The number of hydrogen-bond donors (Lipinski definition) is 0. The molecule has 124 valence electrons. The van der Waals surface area contributed by atoms with E-state index in [9.17, 15) is 10.0 Å². The van der Waals surface area contributed by atoms with Crippen LogP contribution in [-0.4, -0.2) is 31.0 Å². The number of ether oxygens (including phenoxy) is 2. The van der Waals surface area contributed by atoms with E-state index in [0.29, 0.717) is 25.8 Å². The molecule has 0 aliphatic heterocycles. The standard InChI is InChI=1S/C17H22N2O4/c1-19(21,12-7-3-6-11-18)13-8-14-22-17(20)23-15-16-9-4-2-5-10-16/h2,4-5,8-10,13H,3,6-7,12,14-15H2,1H3/b13-8+. The summed E-state index contributed by atoms with van der Waals surface area (Å²) in [6.07, 6.45) is 4.01. The number of quaternary nitrogens is 1. The van der Waals surface area contributed by atoms with E-state index in [-0.39, 0.29) is 13.2 Å². The van der Waals surface area contributed by atoms with Crippen molar-refractivity contribution in [3.8, 4) is 6.07 Å². The zero-order chi connectivity index (χ0) is 17.0. The maximum atomic E-state index is 12.0. The van der Waals surface area contributed by atoms with Crippen molar-refractivity contribution in [2.75, 3.05) is 20.2 Å². The van der Waals surface area contributed by atoms with Gasteiger partial charge in [0, 0.05) is 12.5 Å². The molecule has 6 nitrogen and oxygen atoms in total. The Balaban J connectivity index is 2.19. The zero-order valence-electron chi connectivity index (χ0n) is 13.3. The summed E-state index contributed by atoms with van der Waals surface area (Å²) in [6, 6.07) is 11.3. The van der Waals surface area contributed by atoms with Gasteiger partial charge in [-0.2, -0.15) is 5.26 Å². The summed E-state index contributed by atoms with van der Waals surface area (Å²) in [5.74, 6) is 0. The SMILES string of the molecule is C[N+]([O-])(/C=C/COC(=O)OCc1ccccc1)CCCCC#N. The first-order valence-corrected chi connectivity index (χ1v) is 7.48. The second-order valence-electron chi connectivity index (χ2n) is 5.23. The molecule has 0 N–H and O–H groups in total. The van der Waals surface area contributed by atoms with Crippen LogP contribution in [0.1, 0.15) is 24.8 Å². The summed E-state index contributed by atoms with van der Waals surface area (Å²) >= 11 is 0. The van der Waals surface area contributed by atoms with Crippen LogP contribution < -0.4 is 0 Å². The molecule has 0 saturated carbocycles. The lowest BCUT2D eigenvalue weighted by Crippen LogP contribution is -2.32. The molecule has 0 aromatic heterocycles. The predicted octanol–water partition coefficient (Wildman–Crippen LogP) is 3.49. The highest BCUT2D eigenvalue weighted by Crippen LogP contribution is 2.06. The van der Waals surface area contributed by atoms with Crippen LogP contribution in [-0.2, 0) is 16.1 Å². The first-order valence-electron chi connectivity index (χ1n) is 7.48. The number of nitrogens with zero attached hydrogens (tertiary/aromatic N) is 2. The van der Waals surface area contributed by atoms with Gasteiger partial charge in [-0.3, -0.25) is 0 Å². The van der Waals surface area contributed by atoms with E-state index in [2.05, 4.69) is 0 Å². The monoisotopic (exact) mass is 318 g/mol. The van der Waals surface area contributed by atoms with Crippen LogP contribution in [0.15, 0.2) is 42.6 Å². The van der Waals surface area contributed by atoms with Gasteiger partial charge in [0.2, 0.25) is 0 Å². The number of carbonyl (C=O) groups is 1. The summed E-state index contributed by atoms with van der Waals surface area (Å²) in [6.45, 7) is 0.524. The third-order valence-electron chi connectivity index (χ3n) is 3.06. The van der Waals surface area contributed by atoms with Crippen molar-refractivity contribution in [3.63, 3.8) is 0 Å². The number of hydrogen-bond acceptors (Lipinski definition) is 5. The third-order valence-corrected chi connectivity index (χ3v) is 3.06. The van der Waals surface area contributed by atoms with E-state index < -0.39 is 10.8 Å². The lowest BCUT2D eigenvalue weighted by Gasteiger charge is -2.34. The first-order chi connectivity index (χ1) is 11.0. The molecular weight excluding hydrogens is 296 g/mol. The fourth-order valence-electron chi connectivity index (χ4n) is 1.84. The van der Waals surface area contributed by atoms with Crippen molar-refractivity contribution in [1.82, 2.24) is 0 Å². The van der Waals surface area contributed by atoms with E-state index in [4.69, 9.17) is 14.7 Å². The van der Waals surface area contributed by atoms with E-state index >= 15 is 0 Å². The Bertz CT molecular complexity index is 535. The summed E-state index contributed by atoms with van der Waals surface area (Å²) in [4.78, 5) is 11.4. The Morgan fingerprint density at radius 1 is 1.30 bits per heavy atom. The third kappa shape index (κ3) is 9.30. The van der Waals surface area contributed by atoms with Crippen molar-refractivity contribution in [2.45, 2.75) is 25.9 Å². The fourth-order valence-corrected chi connectivity index (χ4v) is 1.84. The molecule has 1 aromatic carbocycles. The zero-order valence-corrected chi connectivity index (χ0v) is 13.3. The van der Waals surface area contributed by atoms with Crippen molar-refractivity contribution in [2.24, 2.45) is 0 Å². The van der Waals surface area contributed by atoms with Crippen LogP contribution in [0.2, 0.25) is 0 Å². The minimum Gasteiger partial charge on any atom is -0.628 e. The minimum atomic E-state index is -0.771. The van der Waals surface area contributed by atoms with Gasteiger partial charge in [0.15, 0.2) is 0 Å². The Hall–Kier alpha value is -2.36. The number of nitriles is 1. The second kappa shape index (κ2) is 10.4. The van der Waals surface area contributed by atoms with Gasteiger partial charge in [-0.15, -0.1) is 0 Å². The molecule has 0 aliphatic rings. The van der Waals surface area contributed by atoms with Gasteiger partial charge < -0.3 is 19.3 Å². The number of carbonyl (C=O) groups excluding carboxylic acids is 1. The Kier molecular flexibility index (Phi) is 8.43. The summed E-state index contributed by atoms with van der Waals surface area (Å²) in [7, 11) is 1.51. The number of benzene rings is 1. The first kappa shape index (κ1) is 18.7. The summed E-state index contributed by atoms with van der Waals surface area (Å²) in [5.41, 5.74) is 0.876. The van der Waals surface area contributed by atoms with Gasteiger partial charge in [-0.1, -0.05) is 30.3 Å². The molecule has 0 spiro atoms. The molecule has 0 saturated heterocycles. The second-order valence-corrected chi connectivity index (χ2v) is 5.23. The fraction of sp³-hybridized carbons (Fsp3) is 0.412. The van der Waals surface area contributed by atoms with Crippen LogP contribution in [0.5, 0.6) is 0 Å². The highest BCUT2D eigenvalue weighted by atomic mass is 16.7. The average molecular weight is 318 g/mol. The topological polar surface area (TPSA) is 82.4 Å². The number of rotatable bonds is 9. The van der Waals surface area contributed by atoms with Gasteiger partial charge in [0.1, 0.15) is 13.2 Å². The molecule has 0 aliphatic carbocycles. The normalized spacial score (nSPS) is 13.3. The quantitative estimate of drug-likeness (QED) is 0.301. The molecule has 6 heteroatoms. The van der Waals surface area contributed by atoms with Crippen LogP contribution in [0.4, 0.5) is 4.79 Å². The van der Waals surface area contributed by atoms with E-state index in [1.807, 2.05) is 36.4 Å².